The maximum atomic E-state index is 12.0. The lowest BCUT2D eigenvalue weighted by molar-refractivity contribution is -0.138. The summed E-state index contributed by atoms with van der Waals surface area (Å²) in [5.74, 6) is -2.00. The van der Waals surface area contributed by atoms with Gasteiger partial charge < -0.3 is 14.9 Å². The lowest BCUT2D eigenvalue weighted by atomic mass is 9.85. The number of hydrogen-bond donors (Lipinski definition) is 2. The number of ether oxygens (including phenoxy) is 1. The highest BCUT2D eigenvalue weighted by atomic mass is 16.6. The Hall–Kier alpha value is -1.79. The molecule has 1 aliphatic carbocycles. The summed E-state index contributed by atoms with van der Waals surface area (Å²) in [7, 11) is 0. The molecule has 2 N–H and O–H groups in total. The van der Waals surface area contributed by atoms with Crippen LogP contribution in [0.4, 0.5) is 0 Å². The van der Waals surface area contributed by atoms with Gasteiger partial charge in [-0.2, -0.15) is 0 Å². The molecule has 1 saturated heterocycles. The van der Waals surface area contributed by atoms with Crippen LogP contribution in [0.3, 0.4) is 0 Å². The SMILES string of the molecule is C=C1C(=O)OC(C2=C(C)C(O)CC2=O)C1CC(O)C(C)=O. The minimum absolute atomic E-state index is 0.0370. The number of aliphatic hydroxyl groups is 2. The Kier molecular flexibility index (Phi) is 4.11. The van der Waals surface area contributed by atoms with Gasteiger partial charge in [-0.05, 0) is 25.8 Å². The predicted molar refractivity (Wildman–Crippen MR) is 72.1 cm³/mol. The van der Waals surface area contributed by atoms with Crippen LogP contribution in [0.1, 0.15) is 26.7 Å². The van der Waals surface area contributed by atoms with Crippen molar-refractivity contribution in [3.63, 3.8) is 0 Å². The fourth-order valence-corrected chi connectivity index (χ4v) is 2.76. The molecule has 0 aromatic rings. The van der Waals surface area contributed by atoms with Crippen LogP contribution >= 0.6 is 0 Å². The van der Waals surface area contributed by atoms with Crippen molar-refractivity contribution in [3.05, 3.63) is 23.3 Å². The van der Waals surface area contributed by atoms with Crippen LogP contribution in [0.2, 0.25) is 0 Å². The average molecular weight is 294 g/mol. The zero-order chi connectivity index (χ0) is 15.9. The molecule has 2 rings (SSSR count). The third kappa shape index (κ3) is 2.69. The second-order valence-electron chi connectivity index (χ2n) is 5.56. The Bertz CT molecular complexity index is 559. The standard InChI is InChI=1S/C15H18O6/c1-6-9(4-11(18)8(3)16)14(21-15(6)20)13-7(2)10(17)5-12(13)19/h9-11,14,17-18H,1,4-5H2,2-3H3. The second kappa shape index (κ2) is 5.54. The first-order chi connectivity index (χ1) is 9.73. The van der Waals surface area contributed by atoms with Crippen molar-refractivity contribution < 1.29 is 29.3 Å². The van der Waals surface area contributed by atoms with Gasteiger partial charge in [0.15, 0.2) is 11.6 Å². The van der Waals surface area contributed by atoms with Crippen molar-refractivity contribution in [1.29, 1.82) is 0 Å². The van der Waals surface area contributed by atoms with Crippen molar-refractivity contribution in [1.82, 2.24) is 0 Å². The molecule has 0 spiro atoms. The number of carbonyl (C=O) groups is 3. The minimum atomic E-state index is -1.24. The van der Waals surface area contributed by atoms with Crippen LogP contribution in [-0.2, 0) is 19.1 Å². The molecular formula is C15H18O6. The van der Waals surface area contributed by atoms with Gasteiger partial charge in [-0.1, -0.05) is 6.58 Å². The van der Waals surface area contributed by atoms with Crippen molar-refractivity contribution in [2.75, 3.05) is 0 Å². The van der Waals surface area contributed by atoms with Crippen LogP contribution in [-0.4, -0.2) is 46.1 Å². The smallest absolute Gasteiger partial charge is 0.334 e. The normalized spacial score (nSPS) is 30.9. The van der Waals surface area contributed by atoms with Crippen molar-refractivity contribution >= 4 is 17.5 Å². The molecule has 1 heterocycles. The maximum absolute atomic E-state index is 12.0. The van der Waals surface area contributed by atoms with E-state index in [9.17, 15) is 24.6 Å². The number of aliphatic hydroxyl groups excluding tert-OH is 2. The first kappa shape index (κ1) is 15.6. The lowest BCUT2D eigenvalue weighted by Gasteiger charge is -2.20. The van der Waals surface area contributed by atoms with Gasteiger partial charge in [0.05, 0.1) is 6.10 Å². The molecule has 2 aliphatic rings. The molecule has 6 heteroatoms. The lowest BCUT2D eigenvalue weighted by Crippen LogP contribution is -2.29. The zero-order valence-electron chi connectivity index (χ0n) is 12.0. The first-order valence-corrected chi connectivity index (χ1v) is 6.74. The van der Waals surface area contributed by atoms with Crippen LogP contribution in [0.25, 0.3) is 0 Å². The second-order valence-corrected chi connectivity index (χ2v) is 5.56. The van der Waals surface area contributed by atoms with Crippen molar-refractivity contribution in [3.8, 4) is 0 Å². The zero-order valence-corrected chi connectivity index (χ0v) is 12.0. The van der Waals surface area contributed by atoms with E-state index in [0.29, 0.717) is 5.57 Å². The molecule has 0 aromatic carbocycles. The number of Topliss-reactive ketones (excluding diaryl/α,β-unsaturated/α-hetero) is 2. The number of cyclic esters (lactones) is 1. The quantitative estimate of drug-likeness (QED) is 0.562. The summed E-state index contributed by atoms with van der Waals surface area (Å²) in [5, 5.41) is 19.5. The van der Waals surface area contributed by atoms with E-state index in [1.165, 1.54) is 6.92 Å². The topological polar surface area (TPSA) is 101 Å². The third-order valence-corrected chi connectivity index (χ3v) is 4.14. The molecule has 0 radical (unpaired) electrons. The van der Waals surface area contributed by atoms with E-state index in [-0.39, 0.29) is 29.8 Å². The summed E-state index contributed by atoms with van der Waals surface area (Å²) >= 11 is 0. The fourth-order valence-electron chi connectivity index (χ4n) is 2.76. The number of rotatable bonds is 4. The molecule has 1 aliphatic heterocycles. The third-order valence-electron chi connectivity index (χ3n) is 4.14. The Morgan fingerprint density at radius 3 is 2.57 bits per heavy atom. The largest absolute Gasteiger partial charge is 0.453 e. The van der Waals surface area contributed by atoms with Crippen LogP contribution in [0.15, 0.2) is 23.3 Å². The molecule has 4 unspecified atom stereocenters. The van der Waals surface area contributed by atoms with E-state index in [2.05, 4.69) is 6.58 Å². The Morgan fingerprint density at radius 2 is 2.10 bits per heavy atom. The molecular weight excluding hydrogens is 276 g/mol. The van der Waals surface area contributed by atoms with Gasteiger partial charge in [0.25, 0.3) is 0 Å². The van der Waals surface area contributed by atoms with Gasteiger partial charge in [-0.3, -0.25) is 9.59 Å². The molecule has 21 heavy (non-hydrogen) atoms. The van der Waals surface area contributed by atoms with Crippen LogP contribution < -0.4 is 0 Å². The summed E-state index contributed by atoms with van der Waals surface area (Å²) in [6.45, 7) is 6.48. The van der Waals surface area contributed by atoms with E-state index in [4.69, 9.17) is 4.74 Å². The van der Waals surface area contributed by atoms with Crippen LogP contribution in [0.5, 0.6) is 0 Å². The Balaban J connectivity index is 2.33. The number of ketones is 2. The Morgan fingerprint density at radius 1 is 1.48 bits per heavy atom. The summed E-state index contributed by atoms with van der Waals surface area (Å²) in [5.41, 5.74) is 0.861. The molecule has 114 valence electrons. The van der Waals surface area contributed by atoms with Crippen molar-refractivity contribution in [2.24, 2.45) is 5.92 Å². The number of hydrogen-bond acceptors (Lipinski definition) is 6. The highest BCUT2D eigenvalue weighted by Crippen LogP contribution is 2.39. The fraction of sp³-hybridized carbons (Fsp3) is 0.533. The predicted octanol–water partition coefficient (Wildman–Crippen LogP) is 0.0744. The van der Waals surface area contributed by atoms with E-state index in [0.717, 1.165) is 0 Å². The number of esters is 1. The Labute approximate surface area is 122 Å². The molecule has 0 amide bonds. The first-order valence-electron chi connectivity index (χ1n) is 6.74. The van der Waals surface area contributed by atoms with Gasteiger partial charge in [0.1, 0.15) is 12.2 Å². The summed E-state index contributed by atoms with van der Waals surface area (Å²) in [6, 6.07) is 0. The van der Waals surface area contributed by atoms with E-state index >= 15 is 0 Å². The molecule has 1 fully saturated rings. The van der Waals surface area contributed by atoms with Gasteiger partial charge in [0, 0.05) is 23.5 Å². The van der Waals surface area contributed by atoms with E-state index in [1.807, 2.05) is 0 Å². The monoisotopic (exact) mass is 294 g/mol. The number of carbonyl (C=O) groups excluding carboxylic acids is 3. The van der Waals surface area contributed by atoms with Crippen LogP contribution in [0, 0.1) is 5.92 Å². The van der Waals surface area contributed by atoms with Gasteiger partial charge in [-0.25, -0.2) is 4.79 Å². The van der Waals surface area contributed by atoms with Gasteiger partial charge in [-0.15, -0.1) is 0 Å². The molecule has 6 nitrogen and oxygen atoms in total. The molecule has 0 bridgehead atoms. The highest BCUT2D eigenvalue weighted by Gasteiger charge is 2.46. The summed E-state index contributed by atoms with van der Waals surface area (Å²) in [6.07, 6.45) is -3.08. The van der Waals surface area contributed by atoms with E-state index < -0.39 is 36.0 Å². The molecule has 0 aromatic heterocycles. The minimum Gasteiger partial charge on any atom is -0.453 e. The summed E-state index contributed by atoms with van der Waals surface area (Å²) < 4.78 is 5.19. The highest BCUT2D eigenvalue weighted by molar-refractivity contribution is 6.02. The maximum Gasteiger partial charge on any atom is 0.334 e. The van der Waals surface area contributed by atoms with Crippen molar-refractivity contribution in [2.45, 2.75) is 45.0 Å². The van der Waals surface area contributed by atoms with Gasteiger partial charge >= 0.3 is 5.97 Å². The summed E-state index contributed by atoms with van der Waals surface area (Å²) in [4.78, 5) is 34.9. The van der Waals surface area contributed by atoms with Gasteiger partial charge in [0.2, 0.25) is 0 Å². The average Bonchev–Trinajstić information content (AvgIpc) is 2.80. The molecule has 0 saturated carbocycles. The molecule has 4 atom stereocenters. The van der Waals surface area contributed by atoms with E-state index in [1.54, 1.807) is 6.92 Å².